The normalized spacial score (nSPS) is 13.4. The summed E-state index contributed by atoms with van der Waals surface area (Å²) in [5.41, 5.74) is 1.25. The molecule has 0 heterocycles. The molecule has 0 fully saturated rings. The summed E-state index contributed by atoms with van der Waals surface area (Å²) in [5.74, 6) is -0.858. The van der Waals surface area contributed by atoms with E-state index in [4.69, 9.17) is 4.74 Å². The van der Waals surface area contributed by atoms with E-state index in [2.05, 4.69) is 10.6 Å². The van der Waals surface area contributed by atoms with Crippen molar-refractivity contribution >= 4 is 17.9 Å². The standard InChI is InChI=1S/C31H45N3O4/c1-10-31(8,9)34(28(36)25(21(2)3)33-29(37)38-30(5,6)7)26(24-18-14-15-22(4)19-24)27(35)32-20-23-16-12-11-13-17-23/h11-19,21,25-26H,10,20H2,1-9H3,(H,32,35)(H,33,37). The summed E-state index contributed by atoms with van der Waals surface area (Å²) in [5, 5.41) is 5.82. The fourth-order valence-electron chi connectivity index (χ4n) is 4.18. The quantitative estimate of drug-likeness (QED) is 0.405. The van der Waals surface area contributed by atoms with Gasteiger partial charge in [-0.15, -0.1) is 0 Å². The van der Waals surface area contributed by atoms with E-state index >= 15 is 0 Å². The van der Waals surface area contributed by atoms with Crippen LogP contribution < -0.4 is 10.6 Å². The number of carbonyl (C=O) groups excluding carboxylic acids is 3. The Balaban J connectivity index is 2.55. The molecule has 2 N–H and O–H groups in total. The monoisotopic (exact) mass is 523 g/mol. The third-order valence-electron chi connectivity index (χ3n) is 6.53. The highest BCUT2D eigenvalue weighted by Gasteiger charge is 2.43. The molecule has 0 saturated heterocycles. The predicted molar refractivity (Wildman–Crippen MR) is 151 cm³/mol. The lowest BCUT2D eigenvalue weighted by molar-refractivity contribution is -0.150. The number of benzene rings is 2. The summed E-state index contributed by atoms with van der Waals surface area (Å²) in [7, 11) is 0. The van der Waals surface area contributed by atoms with Crippen molar-refractivity contribution in [3.8, 4) is 0 Å². The Kier molecular flexibility index (Phi) is 10.5. The Labute approximate surface area is 228 Å². The lowest BCUT2D eigenvalue weighted by Gasteiger charge is -2.45. The molecule has 0 bridgehead atoms. The molecule has 208 valence electrons. The average molecular weight is 524 g/mol. The average Bonchev–Trinajstić information content (AvgIpc) is 2.83. The number of aryl methyl sites for hydroxylation is 1. The summed E-state index contributed by atoms with van der Waals surface area (Å²) < 4.78 is 5.46. The smallest absolute Gasteiger partial charge is 0.408 e. The van der Waals surface area contributed by atoms with Crippen molar-refractivity contribution in [3.63, 3.8) is 0 Å². The van der Waals surface area contributed by atoms with Crippen LogP contribution in [-0.2, 0) is 20.9 Å². The number of nitrogens with one attached hydrogen (secondary N) is 2. The molecule has 38 heavy (non-hydrogen) atoms. The lowest BCUT2D eigenvalue weighted by atomic mass is 9.90. The Bertz CT molecular complexity index is 1090. The predicted octanol–water partition coefficient (Wildman–Crippen LogP) is 5.92. The van der Waals surface area contributed by atoms with Gasteiger partial charge in [-0.1, -0.05) is 80.9 Å². The van der Waals surface area contributed by atoms with Crippen LogP contribution in [0.4, 0.5) is 4.79 Å². The van der Waals surface area contributed by atoms with E-state index in [0.717, 1.165) is 11.1 Å². The zero-order valence-corrected chi connectivity index (χ0v) is 24.4. The van der Waals surface area contributed by atoms with Crippen molar-refractivity contribution in [3.05, 3.63) is 71.3 Å². The van der Waals surface area contributed by atoms with Crippen LogP contribution in [-0.4, -0.2) is 40.0 Å². The van der Waals surface area contributed by atoms with Crippen LogP contribution in [0.3, 0.4) is 0 Å². The molecular weight excluding hydrogens is 478 g/mol. The Morgan fingerprint density at radius 2 is 1.58 bits per heavy atom. The number of ether oxygens (including phenoxy) is 1. The van der Waals surface area contributed by atoms with E-state index < -0.39 is 29.3 Å². The number of hydrogen-bond donors (Lipinski definition) is 2. The highest BCUT2D eigenvalue weighted by Crippen LogP contribution is 2.33. The first-order valence-corrected chi connectivity index (χ1v) is 13.4. The molecule has 0 aromatic heterocycles. The first-order chi connectivity index (χ1) is 17.7. The maximum absolute atomic E-state index is 14.3. The second-order valence-electron chi connectivity index (χ2n) is 11.8. The van der Waals surface area contributed by atoms with Crippen LogP contribution in [0.15, 0.2) is 54.6 Å². The second kappa shape index (κ2) is 12.9. The fraction of sp³-hybridized carbons (Fsp3) is 0.516. The van der Waals surface area contributed by atoms with Gasteiger partial charge in [0.1, 0.15) is 17.7 Å². The molecule has 0 radical (unpaired) electrons. The number of hydrogen-bond acceptors (Lipinski definition) is 4. The fourth-order valence-corrected chi connectivity index (χ4v) is 4.18. The maximum Gasteiger partial charge on any atom is 0.408 e. The zero-order valence-electron chi connectivity index (χ0n) is 24.4. The molecule has 2 aromatic carbocycles. The van der Waals surface area contributed by atoms with Gasteiger partial charge in [-0.2, -0.15) is 0 Å². The molecule has 0 aliphatic heterocycles. The van der Waals surface area contributed by atoms with E-state index in [1.54, 1.807) is 25.7 Å². The molecule has 7 heteroatoms. The molecular formula is C31H45N3O4. The third-order valence-corrected chi connectivity index (χ3v) is 6.53. The third kappa shape index (κ3) is 8.61. The van der Waals surface area contributed by atoms with Gasteiger partial charge in [0.05, 0.1) is 0 Å². The lowest BCUT2D eigenvalue weighted by Crippen LogP contribution is -2.60. The summed E-state index contributed by atoms with van der Waals surface area (Å²) in [6, 6.07) is 15.5. The number of carbonyl (C=O) groups is 3. The summed E-state index contributed by atoms with van der Waals surface area (Å²) in [6.07, 6.45) is -0.0657. The van der Waals surface area contributed by atoms with E-state index in [-0.39, 0.29) is 17.7 Å². The van der Waals surface area contributed by atoms with Crippen LogP contribution in [0, 0.1) is 12.8 Å². The van der Waals surface area contributed by atoms with Crippen molar-refractivity contribution in [2.24, 2.45) is 5.92 Å². The van der Waals surface area contributed by atoms with Crippen molar-refractivity contribution in [2.45, 2.75) is 98.5 Å². The van der Waals surface area contributed by atoms with Crippen molar-refractivity contribution in [1.29, 1.82) is 0 Å². The first-order valence-electron chi connectivity index (χ1n) is 13.4. The van der Waals surface area contributed by atoms with Crippen LogP contribution in [0.1, 0.15) is 84.5 Å². The topological polar surface area (TPSA) is 87.7 Å². The molecule has 0 aliphatic rings. The van der Waals surface area contributed by atoms with E-state index in [0.29, 0.717) is 18.5 Å². The van der Waals surface area contributed by atoms with Gasteiger partial charge < -0.3 is 20.3 Å². The minimum atomic E-state index is -0.900. The van der Waals surface area contributed by atoms with Crippen molar-refractivity contribution < 1.29 is 19.1 Å². The van der Waals surface area contributed by atoms with Crippen molar-refractivity contribution in [2.75, 3.05) is 0 Å². The van der Waals surface area contributed by atoms with Crippen molar-refractivity contribution in [1.82, 2.24) is 15.5 Å². The maximum atomic E-state index is 14.3. The molecule has 2 rings (SSSR count). The Morgan fingerprint density at radius 3 is 2.11 bits per heavy atom. The zero-order chi connectivity index (χ0) is 28.7. The molecule has 0 aliphatic carbocycles. The summed E-state index contributed by atoms with van der Waals surface area (Å²) in [6.45, 7) is 17.2. The minimum Gasteiger partial charge on any atom is -0.444 e. The van der Waals surface area contributed by atoms with Gasteiger partial charge in [0.2, 0.25) is 11.8 Å². The summed E-state index contributed by atoms with van der Waals surface area (Å²) >= 11 is 0. The van der Waals surface area contributed by atoms with Gasteiger partial charge >= 0.3 is 6.09 Å². The second-order valence-corrected chi connectivity index (χ2v) is 11.8. The number of alkyl carbamates (subject to hydrolysis) is 1. The van der Waals surface area contributed by atoms with Gasteiger partial charge in [0.25, 0.3) is 0 Å². The van der Waals surface area contributed by atoms with E-state index in [9.17, 15) is 14.4 Å². The molecule has 0 spiro atoms. The highest BCUT2D eigenvalue weighted by atomic mass is 16.6. The van der Waals surface area contributed by atoms with Gasteiger partial charge in [-0.05, 0) is 65.0 Å². The molecule has 3 amide bonds. The molecule has 7 nitrogen and oxygen atoms in total. The van der Waals surface area contributed by atoms with Gasteiger partial charge in [0.15, 0.2) is 0 Å². The number of rotatable bonds is 10. The van der Waals surface area contributed by atoms with Gasteiger partial charge in [-0.25, -0.2) is 4.79 Å². The van der Waals surface area contributed by atoms with Crippen LogP contribution in [0.25, 0.3) is 0 Å². The van der Waals surface area contributed by atoms with Crippen LogP contribution in [0.5, 0.6) is 0 Å². The van der Waals surface area contributed by atoms with Crippen LogP contribution >= 0.6 is 0 Å². The van der Waals surface area contributed by atoms with E-state index in [1.807, 2.05) is 96.1 Å². The Hall–Kier alpha value is -3.35. The molecule has 2 atom stereocenters. The molecule has 0 saturated carbocycles. The van der Waals surface area contributed by atoms with Crippen LogP contribution in [0.2, 0.25) is 0 Å². The SMILES string of the molecule is CCC(C)(C)N(C(=O)C(NC(=O)OC(C)(C)C)C(C)C)C(C(=O)NCc1ccccc1)c1cccc(C)c1. The highest BCUT2D eigenvalue weighted by molar-refractivity contribution is 5.92. The number of nitrogens with zero attached hydrogens (tertiary/aromatic N) is 1. The summed E-state index contributed by atoms with van der Waals surface area (Å²) in [4.78, 5) is 42.6. The Morgan fingerprint density at radius 1 is 0.947 bits per heavy atom. The largest absolute Gasteiger partial charge is 0.444 e. The minimum absolute atomic E-state index is 0.240. The molecule has 2 unspecified atom stereocenters. The van der Waals surface area contributed by atoms with E-state index in [1.165, 1.54) is 0 Å². The molecule has 2 aromatic rings. The number of amides is 3. The first kappa shape index (κ1) is 30.9. The van der Waals surface area contributed by atoms with Gasteiger partial charge in [-0.3, -0.25) is 9.59 Å². The van der Waals surface area contributed by atoms with Gasteiger partial charge in [0, 0.05) is 12.1 Å².